The van der Waals surface area contributed by atoms with Crippen LogP contribution in [-0.2, 0) is 11.3 Å². The number of aromatic nitrogens is 4. The summed E-state index contributed by atoms with van der Waals surface area (Å²) < 4.78 is 31.6. The molecule has 0 fully saturated rings. The second-order valence-electron chi connectivity index (χ2n) is 5.63. The quantitative estimate of drug-likeness (QED) is 0.692. The van der Waals surface area contributed by atoms with E-state index in [1.165, 1.54) is 26.6 Å². The summed E-state index contributed by atoms with van der Waals surface area (Å²) >= 11 is 0. The Hall–Kier alpha value is -2.94. The highest BCUT2D eigenvalue weighted by molar-refractivity contribution is 5.49. The molecule has 0 aliphatic heterocycles. The number of nitrogens with zero attached hydrogens (tertiary/aromatic N) is 4. The van der Waals surface area contributed by atoms with Gasteiger partial charge in [0.1, 0.15) is 18.0 Å². The van der Waals surface area contributed by atoms with Gasteiger partial charge >= 0.3 is 0 Å². The van der Waals surface area contributed by atoms with E-state index in [0.29, 0.717) is 41.0 Å². The minimum absolute atomic E-state index is 0.330. The van der Waals surface area contributed by atoms with Crippen LogP contribution in [0, 0.1) is 5.82 Å². The molecule has 3 rings (SSSR count). The van der Waals surface area contributed by atoms with Gasteiger partial charge in [0.15, 0.2) is 11.5 Å². The third-order valence-corrected chi connectivity index (χ3v) is 3.93. The molecule has 0 saturated heterocycles. The lowest BCUT2D eigenvalue weighted by Gasteiger charge is -2.19. The molecule has 0 amide bonds. The molecule has 26 heavy (non-hydrogen) atoms. The number of ether oxygens (including phenoxy) is 3. The molecule has 0 spiro atoms. The lowest BCUT2D eigenvalue weighted by Crippen LogP contribution is -2.13. The van der Waals surface area contributed by atoms with Crippen molar-refractivity contribution in [3.05, 3.63) is 41.6 Å². The highest BCUT2D eigenvalue weighted by Crippen LogP contribution is 2.33. The van der Waals surface area contributed by atoms with E-state index in [-0.39, 0.29) is 6.04 Å². The number of hydrogen-bond donors (Lipinski definition) is 1. The van der Waals surface area contributed by atoms with Crippen LogP contribution in [0.3, 0.4) is 0 Å². The number of hydrogen-bond acceptors (Lipinski definition) is 7. The first-order chi connectivity index (χ1) is 12.6. The minimum atomic E-state index is -0.399. The fourth-order valence-corrected chi connectivity index (χ4v) is 2.69. The van der Waals surface area contributed by atoms with Crippen LogP contribution in [-0.4, -0.2) is 40.9 Å². The summed E-state index contributed by atoms with van der Waals surface area (Å²) in [5.41, 5.74) is 1.12. The van der Waals surface area contributed by atoms with Crippen molar-refractivity contribution in [3.8, 4) is 11.5 Å². The van der Waals surface area contributed by atoms with Crippen molar-refractivity contribution in [2.24, 2.45) is 0 Å². The van der Waals surface area contributed by atoms with Crippen LogP contribution in [0.4, 0.5) is 10.2 Å². The molecule has 1 atom stereocenters. The molecule has 138 valence electrons. The molecule has 2 heterocycles. The van der Waals surface area contributed by atoms with Gasteiger partial charge in [-0.3, -0.25) is 0 Å². The van der Waals surface area contributed by atoms with Crippen molar-refractivity contribution in [1.82, 2.24) is 19.6 Å². The van der Waals surface area contributed by atoms with Crippen LogP contribution in [0.15, 0.2) is 24.5 Å². The number of benzene rings is 1. The number of halogens is 1. The van der Waals surface area contributed by atoms with Crippen molar-refractivity contribution in [2.45, 2.75) is 19.6 Å². The van der Waals surface area contributed by atoms with Gasteiger partial charge in [0.25, 0.3) is 5.78 Å². The minimum Gasteiger partial charge on any atom is -0.493 e. The van der Waals surface area contributed by atoms with Gasteiger partial charge in [0.2, 0.25) is 0 Å². The van der Waals surface area contributed by atoms with Crippen LogP contribution < -0.4 is 14.8 Å². The summed E-state index contributed by atoms with van der Waals surface area (Å²) in [7, 11) is 4.56. The van der Waals surface area contributed by atoms with E-state index in [2.05, 4.69) is 20.4 Å². The Balaban J connectivity index is 1.96. The Morgan fingerprint density at radius 1 is 1.15 bits per heavy atom. The Kier molecular flexibility index (Phi) is 5.17. The van der Waals surface area contributed by atoms with Crippen LogP contribution in [0.2, 0.25) is 0 Å². The lowest BCUT2D eigenvalue weighted by molar-refractivity contribution is 0.181. The smallest absolute Gasteiger partial charge is 0.254 e. The number of nitrogens with one attached hydrogen (secondary N) is 1. The average molecular weight is 361 g/mol. The zero-order valence-corrected chi connectivity index (χ0v) is 15.0. The fraction of sp³-hybridized carbons (Fsp3) is 0.353. The van der Waals surface area contributed by atoms with E-state index in [9.17, 15) is 4.39 Å². The predicted molar refractivity (Wildman–Crippen MR) is 93.0 cm³/mol. The highest BCUT2D eigenvalue weighted by atomic mass is 19.1. The third kappa shape index (κ3) is 3.38. The number of fused-ring (bicyclic) bond motifs is 1. The van der Waals surface area contributed by atoms with E-state index in [1.807, 2.05) is 6.92 Å². The standard InChI is InChI=1S/C17H20FN5O3/c1-10(12-6-14(25-3)15(26-4)7-13(12)18)21-16-5-11(8-24-2)22-17-19-9-20-23(16)17/h5-7,9-10,21H,8H2,1-4H3. The maximum Gasteiger partial charge on any atom is 0.254 e. The van der Waals surface area contributed by atoms with E-state index >= 15 is 0 Å². The second-order valence-corrected chi connectivity index (χ2v) is 5.63. The number of rotatable bonds is 7. The first-order valence-corrected chi connectivity index (χ1v) is 7.94. The SMILES string of the molecule is COCc1cc(NC(C)c2cc(OC)c(OC)cc2F)n2ncnc2n1. The monoisotopic (exact) mass is 361 g/mol. The van der Waals surface area contributed by atoms with Crippen molar-refractivity contribution >= 4 is 11.6 Å². The maximum absolute atomic E-state index is 14.5. The summed E-state index contributed by atoms with van der Waals surface area (Å²) in [6.45, 7) is 2.17. The maximum atomic E-state index is 14.5. The number of methoxy groups -OCH3 is 3. The summed E-state index contributed by atoms with van der Waals surface area (Å²) in [5.74, 6) is 1.45. The molecular weight excluding hydrogens is 341 g/mol. The number of anilines is 1. The molecule has 0 radical (unpaired) electrons. The van der Waals surface area contributed by atoms with E-state index in [4.69, 9.17) is 14.2 Å². The molecule has 1 N–H and O–H groups in total. The zero-order valence-electron chi connectivity index (χ0n) is 15.0. The molecule has 0 saturated carbocycles. The summed E-state index contributed by atoms with van der Waals surface area (Å²) in [6.07, 6.45) is 1.41. The largest absolute Gasteiger partial charge is 0.493 e. The van der Waals surface area contributed by atoms with E-state index < -0.39 is 5.82 Å². The summed E-state index contributed by atoms with van der Waals surface area (Å²) in [4.78, 5) is 8.45. The first-order valence-electron chi connectivity index (χ1n) is 7.94. The van der Waals surface area contributed by atoms with Crippen molar-refractivity contribution < 1.29 is 18.6 Å². The molecule has 3 aromatic rings. The van der Waals surface area contributed by atoms with Crippen LogP contribution in [0.1, 0.15) is 24.2 Å². The van der Waals surface area contributed by atoms with Crippen molar-refractivity contribution in [1.29, 1.82) is 0 Å². The molecular formula is C17H20FN5O3. The highest BCUT2D eigenvalue weighted by Gasteiger charge is 2.18. The summed E-state index contributed by atoms with van der Waals surface area (Å²) in [6, 6.07) is 4.34. The predicted octanol–water partition coefficient (Wildman–Crippen LogP) is 2.60. The molecule has 2 aromatic heterocycles. The second kappa shape index (κ2) is 7.52. The van der Waals surface area contributed by atoms with Gasteiger partial charge in [-0.05, 0) is 13.0 Å². The van der Waals surface area contributed by atoms with E-state index in [1.54, 1.807) is 23.8 Å². The molecule has 9 heteroatoms. The molecule has 0 bridgehead atoms. The van der Waals surface area contributed by atoms with Gasteiger partial charge in [0.05, 0.1) is 32.6 Å². The Labute approximate surface area is 149 Å². The normalized spacial score (nSPS) is 12.2. The Morgan fingerprint density at radius 2 is 1.88 bits per heavy atom. The topological polar surface area (TPSA) is 82.8 Å². The molecule has 0 aliphatic carbocycles. The van der Waals surface area contributed by atoms with Gasteiger partial charge in [-0.25, -0.2) is 9.37 Å². The molecule has 0 aliphatic rings. The van der Waals surface area contributed by atoms with Gasteiger partial charge in [-0.2, -0.15) is 14.6 Å². The van der Waals surface area contributed by atoms with Gasteiger partial charge < -0.3 is 19.5 Å². The van der Waals surface area contributed by atoms with Gasteiger partial charge in [-0.15, -0.1) is 0 Å². The van der Waals surface area contributed by atoms with Crippen molar-refractivity contribution in [2.75, 3.05) is 26.6 Å². The zero-order chi connectivity index (χ0) is 18.7. The van der Waals surface area contributed by atoms with Crippen LogP contribution in [0.5, 0.6) is 11.5 Å². The lowest BCUT2D eigenvalue weighted by atomic mass is 10.1. The first kappa shape index (κ1) is 17.9. The fourth-order valence-electron chi connectivity index (χ4n) is 2.69. The summed E-state index contributed by atoms with van der Waals surface area (Å²) in [5, 5.41) is 7.40. The van der Waals surface area contributed by atoms with Crippen molar-refractivity contribution in [3.63, 3.8) is 0 Å². The van der Waals surface area contributed by atoms with Gasteiger partial charge in [0, 0.05) is 24.8 Å². The Bertz CT molecular complexity index is 915. The van der Waals surface area contributed by atoms with Gasteiger partial charge in [-0.1, -0.05) is 0 Å². The molecule has 8 nitrogen and oxygen atoms in total. The molecule has 1 unspecified atom stereocenters. The molecule has 1 aromatic carbocycles. The third-order valence-electron chi connectivity index (χ3n) is 3.93. The average Bonchev–Trinajstić information content (AvgIpc) is 3.10. The van der Waals surface area contributed by atoms with Crippen LogP contribution >= 0.6 is 0 Å². The van der Waals surface area contributed by atoms with E-state index in [0.717, 1.165) is 0 Å². The van der Waals surface area contributed by atoms with Crippen LogP contribution in [0.25, 0.3) is 5.78 Å². The Morgan fingerprint density at radius 3 is 2.58 bits per heavy atom.